The third-order valence-electron chi connectivity index (χ3n) is 5.43. The number of Topliss-reactive ketones (excluding diaryl/α,β-unsaturated/α-hetero) is 1. The normalized spacial score (nSPS) is 17.5. The fourth-order valence-electron chi connectivity index (χ4n) is 3.87. The number of aliphatic hydroxyl groups is 1. The van der Waals surface area contributed by atoms with Gasteiger partial charge in [0.05, 0.1) is 22.9 Å². The summed E-state index contributed by atoms with van der Waals surface area (Å²) in [6.45, 7) is 0.759. The van der Waals surface area contributed by atoms with Crippen LogP contribution in [0.25, 0.3) is 5.76 Å². The number of nitrogens with zero attached hydrogens (tertiary/aromatic N) is 4. The average molecular weight is 467 g/mol. The van der Waals surface area contributed by atoms with E-state index in [1.807, 2.05) is 4.57 Å². The molecule has 1 aliphatic rings. The lowest BCUT2D eigenvalue weighted by Gasteiger charge is -2.25. The molecule has 0 bridgehead atoms. The highest BCUT2D eigenvalue weighted by molar-refractivity contribution is 6.46. The molecule has 0 saturated carbocycles. The first-order valence-corrected chi connectivity index (χ1v) is 10.5. The molecular weight excluding hydrogens is 448 g/mol. The van der Waals surface area contributed by atoms with Crippen LogP contribution in [0.2, 0.25) is 5.02 Å². The summed E-state index contributed by atoms with van der Waals surface area (Å²) in [5.41, 5.74) is 0.376. The molecule has 0 spiro atoms. The lowest BCUT2D eigenvalue weighted by molar-refractivity contribution is -0.384. The first-order chi connectivity index (χ1) is 15.9. The summed E-state index contributed by atoms with van der Waals surface area (Å²) in [5.74, 6) is -1.98. The van der Waals surface area contributed by atoms with Crippen LogP contribution in [0, 0.1) is 10.1 Å². The van der Waals surface area contributed by atoms with Crippen molar-refractivity contribution in [2.45, 2.75) is 19.0 Å². The highest BCUT2D eigenvalue weighted by Gasteiger charge is 2.46. The summed E-state index contributed by atoms with van der Waals surface area (Å²) < 4.78 is 1.84. The molecule has 0 unspecified atom stereocenters. The first-order valence-electron chi connectivity index (χ1n) is 10.1. The molecule has 1 aromatic heterocycles. The van der Waals surface area contributed by atoms with Crippen molar-refractivity contribution in [3.05, 3.63) is 99.1 Å². The number of ketones is 1. The van der Waals surface area contributed by atoms with E-state index >= 15 is 0 Å². The largest absolute Gasteiger partial charge is 0.507 e. The Morgan fingerprint density at radius 2 is 1.91 bits per heavy atom. The Hall–Kier alpha value is -3.98. The fourth-order valence-corrected chi connectivity index (χ4v) is 4.00. The smallest absolute Gasteiger partial charge is 0.295 e. The molecule has 33 heavy (non-hydrogen) atoms. The lowest BCUT2D eigenvalue weighted by atomic mass is 9.95. The molecule has 4 rings (SSSR count). The maximum absolute atomic E-state index is 13.0. The van der Waals surface area contributed by atoms with E-state index in [0.717, 1.165) is 0 Å². The Morgan fingerprint density at radius 3 is 2.58 bits per heavy atom. The van der Waals surface area contributed by atoms with Crippen LogP contribution in [0.4, 0.5) is 5.69 Å². The molecule has 1 amide bonds. The number of non-ortho nitro benzene ring substituents is 1. The number of hydrogen-bond acceptors (Lipinski definition) is 6. The number of aromatic nitrogens is 2. The highest BCUT2D eigenvalue weighted by Crippen LogP contribution is 2.40. The van der Waals surface area contributed by atoms with E-state index in [1.54, 1.807) is 36.9 Å². The maximum atomic E-state index is 13.0. The van der Waals surface area contributed by atoms with E-state index in [-0.39, 0.29) is 23.6 Å². The SMILES string of the molecule is O=C1C(=O)N(CCCn2ccnc2)[C@@H](c2cccc([N+](=O)[O-])c2)C1=C(O)c1ccc(Cl)cc1. The summed E-state index contributed by atoms with van der Waals surface area (Å²) in [6, 6.07) is 10.9. The van der Waals surface area contributed by atoms with Gasteiger partial charge in [-0.1, -0.05) is 23.7 Å². The van der Waals surface area contributed by atoms with Crippen LogP contribution < -0.4 is 0 Å². The fraction of sp³-hybridized carbons (Fsp3) is 0.174. The molecule has 1 aliphatic heterocycles. The molecule has 2 aromatic carbocycles. The van der Waals surface area contributed by atoms with Crippen molar-refractivity contribution in [2.24, 2.45) is 0 Å². The standard InChI is InChI=1S/C23H19ClN4O5/c24-17-7-5-15(6-8-17)21(29)19-20(16-3-1-4-18(13-16)28(32)33)27(23(31)22(19)30)11-2-10-26-12-9-25-14-26/h1,3-9,12-14,20,29H,2,10-11H2/t20-/m0/s1. The molecular formula is C23H19ClN4O5. The van der Waals surface area contributed by atoms with Crippen LogP contribution in [0.5, 0.6) is 0 Å². The number of imidazole rings is 1. The Kier molecular flexibility index (Phi) is 6.23. The molecule has 10 heteroatoms. The molecule has 1 atom stereocenters. The molecule has 1 N–H and O–H groups in total. The Balaban J connectivity index is 1.76. The van der Waals surface area contributed by atoms with Crippen molar-refractivity contribution in [2.75, 3.05) is 6.54 Å². The average Bonchev–Trinajstić information content (AvgIpc) is 3.41. The number of hydrogen-bond donors (Lipinski definition) is 1. The van der Waals surface area contributed by atoms with Gasteiger partial charge in [-0.25, -0.2) is 4.98 Å². The molecule has 3 aromatic rings. The van der Waals surface area contributed by atoms with Crippen molar-refractivity contribution >= 4 is 34.7 Å². The number of aryl methyl sites for hydroxylation is 1. The van der Waals surface area contributed by atoms with Gasteiger partial charge in [0, 0.05) is 48.2 Å². The van der Waals surface area contributed by atoms with E-state index in [2.05, 4.69) is 4.98 Å². The van der Waals surface area contributed by atoms with Gasteiger partial charge in [0.25, 0.3) is 17.4 Å². The van der Waals surface area contributed by atoms with Crippen LogP contribution in [0.15, 0.2) is 72.8 Å². The van der Waals surface area contributed by atoms with Gasteiger partial charge < -0.3 is 14.6 Å². The Morgan fingerprint density at radius 1 is 1.15 bits per heavy atom. The van der Waals surface area contributed by atoms with E-state index in [1.165, 1.54) is 35.2 Å². The summed E-state index contributed by atoms with van der Waals surface area (Å²) in [4.78, 5) is 42.1. The zero-order valence-electron chi connectivity index (χ0n) is 17.3. The van der Waals surface area contributed by atoms with E-state index < -0.39 is 22.7 Å². The summed E-state index contributed by atoms with van der Waals surface area (Å²) in [6.07, 6.45) is 5.58. The van der Waals surface area contributed by atoms with Gasteiger partial charge in [0.2, 0.25) is 0 Å². The predicted octanol–water partition coefficient (Wildman–Crippen LogP) is 3.96. The van der Waals surface area contributed by atoms with Crippen molar-refractivity contribution in [3.63, 3.8) is 0 Å². The summed E-state index contributed by atoms with van der Waals surface area (Å²) in [5, 5.41) is 22.8. The topological polar surface area (TPSA) is 119 Å². The van der Waals surface area contributed by atoms with Gasteiger partial charge in [-0.15, -0.1) is 0 Å². The monoisotopic (exact) mass is 466 g/mol. The second kappa shape index (κ2) is 9.25. The van der Waals surface area contributed by atoms with Gasteiger partial charge in [0.15, 0.2) is 0 Å². The highest BCUT2D eigenvalue weighted by atomic mass is 35.5. The molecule has 1 fully saturated rings. The minimum absolute atomic E-state index is 0.120. The van der Waals surface area contributed by atoms with Crippen LogP contribution in [0.3, 0.4) is 0 Å². The Bertz CT molecular complexity index is 1240. The van der Waals surface area contributed by atoms with Gasteiger partial charge in [-0.05, 0) is 36.2 Å². The van der Waals surface area contributed by atoms with Crippen LogP contribution in [-0.2, 0) is 16.1 Å². The van der Waals surface area contributed by atoms with Crippen molar-refractivity contribution in [3.8, 4) is 0 Å². The van der Waals surface area contributed by atoms with Crippen molar-refractivity contribution in [1.82, 2.24) is 14.5 Å². The third kappa shape index (κ3) is 4.49. The number of carbonyl (C=O) groups excluding carboxylic acids is 2. The summed E-state index contributed by atoms with van der Waals surface area (Å²) in [7, 11) is 0. The molecule has 1 saturated heterocycles. The van der Waals surface area contributed by atoms with Crippen LogP contribution in [-0.4, -0.2) is 42.7 Å². The second-order valence-electron chi connectivity index (χ2n) is 7.51. The third-order valence-corrected chi connectivity index (χ3v) is 5.68. The van der Waals surface area contributed by atoms with Gasteiger partial charge in [-0.3, -0.25) is 19.7 Å². The number of halogens is 1. The van der Waals surface area contributed by atoms with E-state index in [9.17, 15) is 24.8 Å². The molecule has 2 heterocycles. The lowest BCUT2D eigenvalue weighted by Crippen LogP contribution is -2.31. The number of aliphatic hydroxyl groups excluding tert-OH is 1. The molecule has 0 aliphatic carbocycles. The molecule has 9 nitrogen and oxygen atoms in total. The first kappa shape index (κ1) is 22.2. The van der Waals surface area contributed by atoms with Gasteiger partial charge in [-0.2, -0.15) is 0 Å². The number of benzene rings is 2. The molecule has 168 valence electrons. The number of carbonyl (C=O) groups is 2. The van der Waals surface area contributed by atoms with E-state index in [4.69, 9.17) is 11.6 Å². The minimum atomic E-state index is -0.969. The second-order valence-corrected chi connectivity index (χ2v) is 7.94. The van der Waals surface area contributed by atoms with Crippen LogP contribution in [0.1, 0.15) is 23.6 Å². The van der Waals surface area contributed by atoms with Gasteiger partial charge in [0.1, 0.15) is 5.76 Å². The summed E-state index contributed by atoms with van der Waals surface area (Å²) >= 11 is 5.92. The zero-order chi connectivity index (χ0) is 23.5. The van der Waals surface area contributed by atoms with Crippen molar-refractivity contribution in [1.29, 1.82) is 0 Å². The van der Waals surface area contributed by atoms with E-state index in [0.29, 0.717) is 29.1 Å². The number of nitro benzene ring substituents is 1. The van der Waals surface area contributed by atoms with Gasteiger partial charge >= 0.3 is 0 Å². The number of nitro groups is 1. The number of amides is 1. The zero-order valence-corrected chi connectivity index (χ0v) is 18.1. The predicted molar refractivity (Wildman–Crippen MR) is 120 cm³/mol. The molecule has 0 radical (unpaired) electrons. The quantitative estimate of drug-likeness (QED) is 0.185. The van der Waals surface area contributed by atoms with Crippen molar-refractivity contribution < 1.29 is 19.6 Å². The Labute approximate surface area is 193 Å². The minimum Gasteiger partial charge on any atom is -0.507 e. The van der Waals surface area contributed by atoms with Crippen LogP contribution >= 0.6 is 11.6 Å². The number of rotatable bonds is 7. The maximum Gasteiger partial charge on any atom is 0.295 e. The number of likely N-dealkylation sites (tertiary alicyclic amines) is 1.